The predicted octanol–water partition coefficient (Wildman–Crippen LogP) is 5.69. The van der Waals surface area contributed by atoms with Gasteiger partial charge in [-0.3, -0.25) is 9.59 Å². The Morgan fingerprint density at radius 2 is 1.95 bits per heavy atom. The summed E-state index contributed by atoms with van der Waals surface area (Å²) in [6, 6.07) is 1.12. The molecule has 10 heteroatoms. The van der Waals surface area contributed by atoms with Gasteiger partial charge in [0.2, 0.25) is 11.8 Å². The molecule has 1 aromatic rings. The summed E-state index contributed by atoms with van der Waals surface area (Å²) >= 11 is 11.9. The van der Waals surface area contributed by atoms with Crippen molar-refractivity contribution < 1.29 is 23.5 Å². The van der Waals surface area contributed by atoms with Crippen LogP contribution in [0.15, 0.2) is 47.5 Å². The zero-order valence-electron chi connectivity index (χ0n) is 23.0. The van der Waals surface area contributed by atoms with E-state index >= 15 is 0 Å². The first-order valence-corrected chi connectivity index (χ1v) is 14.4. The van der Waals surface area contributed by atoms with E-state index in [9.17, 15) is 23.5 Å². The van der Waals surface area contributed by atoms with E-state index in [-0.39, 0.29) is 39.4 Å². The van der Waals surface area contributed by atoms with E-state index < -0.39 is 35.9 Å². The molecule has 4 N–H and O–H groups in total. The van der Waals surface area contributed by atoms with Crippen molar-refractivity contribution in [1.29, 1.82) is 0 Å². The summed E-state index contributed by atoms with van der Waals surface area (Å²) in [4.78, 5) is 28.0. The standard InChI is InChI=1S/C30H37Cl2F2N3O3/c1-16(6-5-7-17(31)15-33)25-26(27(39)35-18-8-10-19(38)11-9-18)37-24(14-29(2,3)4)30(25)20-12-22(34)21(32)13-23(20)36-28(30)40/h5-7,12-13,18-19,24-26,37-38H,1,8-11,14-15H2,2-4H3,(H,35,39)(H,36,40)/b6-5-,17-7+/t18?,19?,24-,25+,26-,30+/m1/s1. The Balaban J connectivity index is 1.84. The molecule has 2 heterocycles. The largest absolute Gasteiger partial charge is 0.393 e. The molecule has 0 bridgehead atoms. The smallest absolute Gasteiger partial charge is 0.238 e. The number of anilines is 1. The highest BCUT2D eigenvalue weighted by Crippen LogP contribution is 2.55. The second kappa shape index (κ2) is 11.9. The molecule has 2 amide bonds. The Bertz CT molecular complexity index is 1240. The molecular weight excluding hydrogens is 559 g/mol. The minimum absolute atomic E-state index is 0.0108. The Kier molecular flexibility index (Phi) is 9.15. The van der Waals surface area contributed by atoms with Crippen LogP contribution in [0.4, 0.5) is 14.5 Å². The van der Waals surface area contributed by atoms with E-state index in [2.05, 4.69) is 22.5 Å². The van der Waals surface area contributed by atoms with Gasteiger partial charge in [-0.05, 0) is 66.9 Å². The summed E-state index contributed by atoms with van der Waals surface area (Å²) in [6.07, 6.45) is 7.11. The van der Waals surface area contributed by atoms with Crippen LogP contribution in [0.2, 0.25) is 5.02 Å². The lowest BCUT2D eigenvalue weighted by atomic mass is 9.62. The highest BCUT2D eigenvalue weighted by molar-refractivity contribution is 6.31. The van der Waals surface area contributed by atoms with Gasteiger partial charge in [-0.15, -0.1) is 0 Å². The normalized spacial score (nSPS) is 30.6. The Morgan fingerprint density at radius 1 is 1.27 bits per heavy atom. The van der Waals surface area contributed by atoms with Crippen LogP contribution in [0.3, 0.4) is 0 Å². The molecular formula is C30H37Cl2F2N3O3. The number of aliphatic hydroxyl groups is 1. The lowest BCUT2D eigenvalue weighted by Gasteiger charge is -2.38. The maximum absolute atomic E-state index is 15.0. The van der Waals surface area contributed by atoms with Gasteiger partial charge in [-0.2, -0.15) is 0 Å². The van der Waals surface area contributed by atoms with Crippen molar-refractivity contribution in [1.82, 2.24) is 10.6 Å². The highest BCUT2D eigenvalue weighted by atomic mass is 35.5. The van der Waals surface area contributed by atoms with E-state index in [0.717, 1.165) is 0 Å². The van der Waals surface area contributed by atoms with Gasteiger partial charge in [0.1, 0.15) is 17.9 Å². The second-order valence-corrected chi connectivity index (χ2v) is 13.2. The third-order valence-electron chi connectivity index (χ3n) is 8.14. The number of carbonyl (C=O) groups is 2. The fourth-order valence-corrected chi connectivity index (χ4v) is 6.66. The first kappa shape index (κ1) is 30.7. The van der Waals surface area contributed by atoms with Crippen LogP contribution >= 0.6 is 23.2 Å². The first-order valence-electron chi connectivity index (χ1n) is 13.6. The Labute approximate surface area is 244 Å². The number of hydrogen-bond acceptors (Lipinski definition) is 4. The number of aliphatic hydroxyl groups excluding tert-OH is 1. The number of fused-ring (bicyclic) bond motifs is 2. The van der Waals surface area contributed by atoms with Gasteiger partial charge in [0.05, 0.1) is 17.2 Å². The van der Waals surface area contributed by atoms with E-state index in [1.54, 1.807) is 6.08 Å². The third-order valence-corrected chi connectivity index (χ3v) is 8.66. The quantitative estimate of drug-likeness (QED) is 0.305. The summed E-state index contributed by atoms with van der Waals surface area (Å²) in [5, 5.41) is 19.2. The first-order chi connectivity index (χ1) is 18.8. The number of nitrogens with one attached hydrogen (secondary N) is 3. The number of hydrogen-bond donors (Lipinski definition) is 4. The highest BCUT2D eigenvalue weighted by Gasteiger charge is 2.66. The molecule has 2 aliphatic heterocycles. The van der Waals surface area contributed by atoms with E-state index in [4.69, 9.17) is 23.2 Å². The number of allylic oxidation sites excluding steroid dienone is 4. The number of halogens is 4. The minimum Gasteiger partial charge on any atom is -0.393 e. The maximum atomic E-state index is 15.0. The molecule has 1 aromatic carbocycles. The zero-order chi connectivity index (χ0) is 29.4. The van der Waals surface area contributed by atoms with Gasteiger partial charge in [0, 0.05) is 28.7 Å². The van der Waals surface area contributed by atoms with Gasteiger partial charge < -0.3 is 21.1 Å². The van der Waals surface area contributed by atoms with Crippen molar-refractivity contribution in [2.24, 2.45) is 11.3 Å². The molecule has 1 saturated carbocycles. The zero-order valence-corrected chi connectivity index (χ0v) is 24.5. The SMILES string of the molecule is C=C(/C=C\C=C(\Cl)CF)[C@H]1[C@H](C(=O)NC2CCC(O)CC2)N[C@H](CC(C)(C)C)[C@]12C(=O)Nc1cc(Cl)c(F)cc12. The van der Waals surface area contributed by atoms with Crippen LogP contribution in [0.25, 0.3) is 0 Å². The molecule has 1 saturated heterocycles. The van der Waals surface area contributed by atoms with Crippen LogP contribution in [0.1, 0.15) is 58.4 Å². The van der Waals surface area contributed by atoms with Crippen LogP contribution in [-0.2, 0) is 15.0 Å². The van der Waals surface area contributed by atoms with E-state index in [0.29, 0.717) is 48.9 Å². The summed E-state index contributed by atoms with van der Waals surface area (Å²) < 4.78 is 27.9. The molecule has 4 rings (SSSR count). The van der Waals surface area contributed by atoms with E-state index in [1.165, 1.54) is 24.3 Å². The number of carbonyl (C=O) groups excluding carboxylic acids is 2. The molecule has 4 atom stereocenters. The molecule has 0 aromatic heterocycles. The van der Waals surface area contributed by atoms with Gasteiger partial charge in [0.15, 0.2) is 0 Å². The van der Waals surface area contributed by atoms with Crippen LogP contribution < -0.4 is 16.0 Å². The van der Waals surface area contributed by atoms with Crippen molar-refractivity contribution in [3.63, 3.8) is 0 Å². The molecule has 218 valence electrons. The Hall–Kier alpha value is -2.26. The van der Waals surface area contributed by atoms with Gasteiger partial charge in [0.25, 0.3) is 0 Å². The number of benzene rings is 1. The lowest BCUT2D eigenvalue weighted by molar-refractivity contribution is -0.125. The van der Waals surface area contributed by atoms with Crippen molar-refractivity contribution in [2.75, 3.05) is 12.0 Å². The van der Waals surface area contributed by atoms with Crippen LogP contribution in [-0.4, -0.2) is 47.8 Å². The maximum Gasteiger partial charge on any atom is 0.238 e. The van der Waals surface area contributed by atoms with E-state index in [1.807, 2.05) is 20.8 Å². The summed E-state index contributed by atoms with van der Waals surface area (Å²) in [5.41, 5.74) is -0.409. The molecule has 2 fully saturated rings. The van der Waals surface area contributed by atoms with Crippen LogP contribution in [0.5, 0.6) is 0 Å². The lowest BCUT2D eigenvalue weighted by Crippen LogP contribution is -2.51. The topological polar surface area (TPSA) is 90.5 Å². The van der Waals surface area contributed by atoms with Crippen molar-refractivity contribution in [2.45, 2.75) is 82.5 Å². The second-order valence-electron chi connectivity index (χ2n) is 12.3. The van der Waals surface area contributed by atoms with Crippen molar-refractivity contribution >= 4 is 40.7 Å². The molecule has 3 aliphatic rings. The molecule has 0 radical (unpaired) electrons. The Morgan fingerprint density at radius 3 is 2.58 bits per heavy atom. The molecule has 40 heavy (non-hydrogen) atoms. The van der Waals surface area contributed by atoms with Crippen molar-refractivity contribution in [3.05, 3.63) is 63.9 Å². The fraction of sp³-hybridized carbons (Fsp3) is 0.533. The van der Waals surface area contributed by atoms with Crippen molar-refractivity contribution in [3.8, 4) is 0 Å². The number of alkyl halides is 1. The summed E-state index contributed by atoms with van der Waals surface area (Å²) in [7, 11) is 0. The number of rotatable bonds is 7. The summed E-state index contributed by atoms with van der Waals surface area (Å²) in [6.45, 7) is 9.51. The molecule has 0 unspecified atom stereocenters. The molecule has 1 spiro atoms. The molecule has 6 nitrogen and oxygen atoms in total. The van der Waals surface area contributed by atoms with Crippen LogP contribution in [0, 0.1) is 17.2 Å². The molecule has 1 aliphatic carbocycles. The van der Waals surface area contributed by atoms with Gasteiger partial charge >= 0.3 is 0 Å². The minimum atomic E-state index is -1.38. The third kappa shape index (κ3) is 6.01. The monoisotopic (exact) mass is 595 g/mol. The van der Waals surface area contributed by atoms with Gasteiger partial charge in [-0.25, -0.2) is 8.78 Å². The summed E-state index contributed by atoms with van der Waals surface area (Å²) in [5.74, 6) is -2.16. The number of amides is 2. The average molecular weight is 597 g/mol. The average Bonchev–Trinajstić information content (AvgIpc) is 3.35. The predicted molar refractivity (Wildman–Crippen MR) is 155 cm³/mol. The van der Waals surface area contributed by atoms with Gasteiger partial charge in [-0.1, -0.05) is 62.7 Å². The fourth-order valence-electron chi connectivity index (χ4n) is 6.42.